The minimum atomic E-state index is -1.04. The van der Waals surface area contributed by atoms with Crippen LogP contribution in [0.4, 0.5) is 5.69 Å². The fraction of sp³-hybridized carbons (Fsp3) is 0.441. The monoisotopic (exact) mass is 645 g/mol. The average molecular weight is 646 g/mol. The Morgan fingerprint density at radius 1 is 1.09 bits per heavy atom. The van der Waals surface area contributed by atoms with E-state index in [4.69, 9.17) is 40.3 Å². The van der Waals surface area contributed by atoms with Crippen molar-refractivity contribution < 1.29 is 28.5 Å². The number of imidazole rings is 1. The molecule has 4 aliphatic rings. The van der Waals surface area contributed by atoms with E-state index in [1.54, 1.807) is 25.4 Å². The Balaban J connectivity index is 1.07. The molecule has 3 unspecified atom stereocenters. The topological polar surface area (TPSA) is 100 Å². The number of nitrogens with zero attached hydrogens (tertiary/aromatic N) is 5. The number of pyridine rings is 1. The standard InChI is InChI=1S/C34H36ClN5O6/c1-34(29-10-7-21(35)17-36-29)45-27-6-4-5-25(32(27)46-34)39-13-12-38(23-8-9-24(23)39)19-30-37-31-26(40(30)18-22-11-14-44-22)15-20(33(41)43-3)16-28(31)42-2/h4-7,10,15-17,22-24H,8-9,11-14,18-19H2,1-3H3/t22-,23?,24?,34?/m0/s1. The van der Waals surface area contributed by atoms with Gasteiger partial charge in [0.2, 0.25) is 0 Å². The maximum absolute atomic E-state index is 12.5. The minimum Gasteiger partial charge on any atom is -0.494 e. The molecular weight excluding hydrogens is 610 g/mol. The van der Waals surface area contributed by atoms with E-state index in [2.05, 4.69) is 25.4 Å². The van der Waals surface area contributed by atoms with Crippen LogP contribution < -0.4 is 19.1 Å². The second kappa shape index (κ2) is 11.3. The number of piperazine rings is 1. The van der Waals surface area contributed by atoms with E-state index in [9.17, 15) is 4.79 Å². The largest absolute Gasteiger partial charge is 0.494 e. The van der Waals surface area contributed by atoms with Gasteiger partial charge >= 0.3 is 5.97 Å². The molecule has 1 saturated carbocycles. The number of esters is 1. The van der Waals surface area contributed by atoms with Crippen molar-refractivity contribution in [2.24, 2.45) is 0 Å². The van der Waals surface area contributed by atoms with Crippen LogP contribution in [-0.4, -0.2) is 77.5 Å². The van der Waals surface area contributed by atoms with Crippen LogP contribution in [0.25, 0.3) is 11.0 Å². The number of halogens is 1. The molecule has 4 atom stereocenters. The molecule has 0 amide bonds. The maximum Gasteiger partial charge on any atom is 0.338 e. The third-order valence-corrected chi connectivity index (χ3v) is 10.0. The summed E-state index contributed by atoms with van der Waals surface area (Å²) < 4.78 is 31.6. The molecule has 0 N–H and O–H groups in total. The lowest BCUT2D eigenvalue weighted by Gasteiger charge is -2.54. The lowest BCUT2D eigenvalue weighted by atomic mass is 9.81. The van der Waals surface area contributed by atoms with Crippen molar-refractivity contribution in [3.63, 3.8) is 0 Å². The highest BCUT2D eigenvalue weighted by Gasteiger charge is 2.47. The molecule has 4 aromatic rings. The molecular formula is C34H36ClN5O6. The van der Waals surface area contributed by atoms with Crippen LogP contribution in [0.2, 0.25) is 5.02 Å². The summed E-state index contributed by atoms with van der Waals surface area (Å²) in [7, 11) is 2.99. The van der Waals surface area contributed by atoms with Gasteiger partial charge in [0.1, 0.15) is 22.8 Å². The molecule has 0 bridgehead atoms. The summed E-state index contributed by atoms with van der Waals surface area (Å²) in [5.41, 5.74) is 3.73. The van der Waals surface area contributed by atoms with E-state index < -0.39 is 11.8 Å². The summed E-state index contributed by atoms with van der Waals surface area (Å²) in [5, 5.41) is 0.564. The number of methoxy groups -OCH3 is 2. The number of carbonyl (C=O) groups is 1. The smallest absolute Gasteiger partial charge is 0.338 e. The van der Waals surface area contributed by atoms with Crippen molar-refractivity contribution in [2.75, 3.05) is 38.8 Å². The van der Waals surface area contributed by atoms with E-state index in [1.807, 2.05) is 31.2 Å². The molecule has 8 rings (SSSR count). The Labute approximate surface area is 271 Å². The van der Waals surface area contributed by atoms with Crippen LogP contribution in [0.3, 0.4) is 0 Å². The number of benzene rings is 2. The van der Waals surface area contributed by atoms with Crippen LogP contribution >= 0.6 is 11.6 Å². The van der Waals surface area contributed by atoms with Gasteiger partial charge in [0.25, 0.3) is 5.79 Å². The number of para-hydroxylation sites is 1. The minimum absolute atomic E-state index is 0.119. The molecule has 2 aromatic heterocycles. The second-order valence-electron chi connectivity index (χ2n) is 12.4. The molecule has 240 valence electrons. The third-order valence-electron chi connectivity index (χ3n) is 9.82. The summed E-state index contributed by atoms with van der Waals surface area (Å²) in [4.78, 5) is 27.1. The molecule has 5 heterocycles. The number of ether oxygens (including phenoxy) is 5. The Morgan fingerprint density at radius 2 is 1.93 bits per heavy atom. The lowest BCUT2D eigenvalue weighted by molar-refractivity contribution is -0.0717. The molecule has 1 aliphatic carbocycles. The predicted molar refractivity (Wildman–Crippen MR) is 171 cm³/mol. The third kappa shape index (κ3) is 4.83. The van der Waals surface area contributed by atoms with E-state index >= 15 is 0 Å². The summed E-state index contributed by atoms with van der Waals surface area (Å²) in [6.45, 7) is 5.69. The van der Waals surface area contributed by atoms with Crippen LogP contribution in [0.1, 0.15) is 48.1 Å². The van der Waals surface area contributed by atoms with Crippen molar-refractivity contribution in [1.29, 1.82) is 0 Å². The molecule has 2 saturated heterocycles. The highest BCUT2D eigenvalue weighted by Crippen LogP contribution is 2.51. The van der Waals surface area contributed by atoms with Gasteiger partial charge in [0, 0.05) is 44.9 Å². The number of hydrogen-bond acceptors (Lipinski definition) is 10. The zero-order chi connectivity index (χ0) is 31.6. The number of fused-ring (bicyclic) bond motifs is 3. The average Bonchev–Trinajstić information content (AvgIpc) is 3.55. The van der Waals surface area contributed by atoms with Crippen LogP contribution in [0.5, 0.6) is 17.2 Å². The second-order valence-corrected chi connectivity index (χ2v) is 12.9. The number of hydrogen-bond donors (Lipinski definition) is 0. The van der Waals surface area contributed by atoms with Crippen LogP contribution in [0, 0.1) is 0 Å². The summed E-state index contributed by atoms with van der Waals surface area (Å²) in [6.07, 6.45) is 4.91. The van der Waals surface area contributed by atoms with Gasteiger partial charge < -0.3 is 33.2 Å². The SMILES string of the molecule is COC(=O)c1cc(OC)c2nc(CN3CCN(c4cccc5c4OC(C)(c4ccc(Cl)cn4)O5)C4CCC43)n(C[C@@H]3CCO3)c2c1. The van der Waals surface area contributed by atoms with Gasteiger partial charge in [-0.3, -0.25) is 9.88 Å². The highest BCUT2D eigenvalue weighted by atomic mass is 35.5. The first-order chi connectivity index (χ1) is 22.3. The number of carbonyl (C=O) groups excluding carboxylic acids is 1. The van der Waals surface area contributed by atoms with Gasteiger partial charge in [-0.25, -0.2) is 9.78 Å². The molecule has 46 heavy (non-hydrogen) atoms. The summed E-state index contributed by atoms with van der Waals surface area (Å²) in [6, 6.07) is 14.0. The van der Waals surface area contributed by atoms with Crippen molar-refractivity contribution in [3.8, 4) is 17.2 Å². The number of aromatic nitrogens is 3. The Hall–Kier alpha value is -4.06. The van der Waals surface area contributed by atoms with Gasteiger partial charge in [0.15, 0.2) is 11.5 Å². The fourth-order valence-corrected chi connectivity index (χ4v) is 7.29. The highest BCUT2D eigenvalue weighted by molar-refractivity contribution is 6.30. The van der Waals surface area contributed by atoms with E-state index in [0.29, 0.717) is 53.0 Å². The Morgan fingerprint density at radius 3 is 2.63 bits per heavy atom. The first-order valence-electron chi connectivity index (χ1n) is 15.8. The quantitative estimate of drug-likeness (QED) is 0.239. The van der Waals surface area contributed by atoms with E-state index in [1.165, 1.54) is 7.11 Å². The molecule has 0 radical (unpaired) electrons. The Kier molecular flexibility index (Phi) is 7.23. The molecule has 12 heteroatoms. The maximum atomic E-state index is 12.5. The van der Waals surface area contributed by atoms with Gasteiger partial charge in [0.05, 0.1) is 55.2 Å². The Bertz CT molecular complexity index is 1810. The van der Waals surface area contributed by atoms with Gasteiger partial charge in [-0.1, -0.05) is 17.7 Å². The van der Waals surface area contributed by atoms with E-state index in [0.717, 1.165) is 67.3 Å². The molecule has 2 aromatic carbocycles. The molecule has 11 nitrogen and oxygen atoms in total. The van der Waals surface area contributed by atoms with Gasteiger partial charge in [-0.2, -0.15) is 0 Å². The van der Waals surface area contributed by atoms with Gasteiger partial charge in [-0.15, -0.1) is 0 Å². The molecule has 3 fully saturated rings. The van der Waals surface area contributed by atoms with E-state index in [-0.39, 0.29) is 6.10 Å². The first-order valence-corrected chi connectivity index (χ1v) is 16.1. The predicted octanol–water partition coefficient (Wildman–Crippen LogP) is 5.17. The van der Waals surface area contributed by atoms with Crippen molar-refractivity contribution >= 4 is 34.3 Å². The van der Waals surface area contributed by atoms with Crippen molar-refractivity contribution in [3.05, 3.63) is 70.8 Å². The first kappa shape index (κ1) is 29.3. The molecule has 0 spiro atoms. The number of anilines is 1. The zero-order valence-electron chi connectivity index (χ0n) is 26.1. The zero-order valence-corrected chi connectivity index (χ0v) is 26.8. The normalized spacial score (nSPS) is 25.1. The lowest BCUT2D eigenvalue weighted by Crippen LogP contribution is -2.64. The van der Waals surface area contributed by atoms with Crippen LogP contribution in [0.15, 0.2) is 48.7 Å². The van der Waals surface area contributed by atoms with Gasteiger partial charge in [-0.05, 0) is 55.7 Å². The molecule has 3 aliphatic heterocycles. The van der Waals surface area contributed by atoms with Crippen LogP contribution in [-0.2, 0) is 28.4 Å². The van der Waals surface area contributed by atoms with Crippen molar-refractivity contribution in [1.82, 2.24) is 19.4 Å². The number of rotatable bonds is 8. The van der Waals surface area contributed by atoms with Crippen molar-refractivity contribution in [2.45, 2.75) is 63.3 Å². The fourth-order valence-electron chi connectivity index (χ4n) is 7.17. The summed E-state index contributed by atoms with van der Waals surface area (Å²) >= 11 is 6.09. The summed E-state index contributed by atoms with van der Waals surface area (Å²) in [5.74, 6) is 1.50.